The summed E-state index contributed by atoms with van der Waals surface area (Å²) in [4.78, 5) is 0. The average Bonchev–Trinajstić information content (AvgIpc) is 2.26. The third-order valence-electron chi connectivity index (χ3n) is 2.72. The number of hydrogen-bond donors (Lipinski definition) is 1. The number of rotatable bonds is 5. The highest BCUT2D eigenvalue weighted by molar-refractivity contribution is 5.48. The van der Waals surface area contributed by atoms with Gasteiger partial charge in [0.15, 0.2) is 0 Å². The summed E-state index contributed by atoms with van der Waals surface area (Å²) < 4.78 is 50.8. The fourth-order valence-corrected chi connectivity index (χ4v) is 1.72. The second-order valence-electron chi connectivity index (χ2n) is 4.47. The van der Waals surface area contributed by atoms with Crippen LogP contribution in [0.1, 0.15) is 32.3 Å². The molecule has 1 unspecified atom stereocenters. The molecule has 0 bridgehead atoms. The standard InChI is InChI=1S/C13H17F4N/c1-3-4-9(2)8-18-12-7-10(13(15,16)17)5-6-11(12)14/h5-7,9,18H,3-4,8H2,1-2H3. The van der Waals surface area contributed by atoms with E-state index in [1.54, 1.807) is 0 Å². The number of nitrogens with one attached hydrogen (secondary N) is 1. The van der Waals surface area contributed by atoms with E-state index in [1.165, 1.54) is 0 Å². The van der Waals surface area contributed by atoms with Gasteiger partial charge in [0.1, 0.15) is 5.82 Å². The molecular weight excluding hydrogens is 246 g/mol. The van der Waals surface area contributed by atoms with Crippen molar-refractivity contribution < 1.29 is 17.6 Å². The quantitative estimate of drug-likeness (QED) is 0.760. The van der Waals surface area contributed by atoms with Crippen LogP contribution in [0.3, 0.4) is 0 Å². The Labute approximate surface area is 104 Å². The molecule has 0 saturated heterocycles. The van der Waals surface area contributed by atoms with Crippen LogP contribution in [0.2, 0.25) is 0 Å². The lowest BCUT2D eigenvalue weighted by molar-refractivity contribution is -0.137. The molecule has 0 aromatic heterocycles. The molecule has 1 aromatic carbocycles. The summed E-state index contributed by atoms with van der Waals surface area (Å²) in [5, 5.41) is 2.74. The van der Waals surface area contributed by atoms with Crippen molar-refractivity contribution in [2.24, 2.45) is 5.92 Å². The zero-order chi connectivity index (χ0) is 13.8. The molecule has 0 spiro atoms. The van der Waals surface area contributed by atoms with Crippen LogP contribution in [0.4, 0.5) is 23.2 Å². The Morgan fingerprint density at radius 2 is 1.94 bits per heavy atom. The van der Waals surface area contributed by atoms with E-state index in [0.717, 1.165) is 31.0 Å². The van der Waals surface area contributed by atoms with E-state index in [-0.39, 0.29) is 5.69 Å². The van der Waals surface area contributed by atoms with Gasteiger partial charge in [-0.3, -0.25) is 0 Å². The van der Waals surface area contributed by atoms with Crippen molar-refractivity contribution in [2.75, 3.05) is 11.9 Å². The molecule has 0 aliphatic heterocycles. The molecule has 1 rings (SSSR count). The van der Waals surface area contributed by atoms with E-state index >= 15 is 0 Å². The Kier molecular flexibility index (Phi) is 4.99. The fourth-order valence-electron chi connectivity index (χ4n) is 1.72. The van der Waals surface area contributed by atoms with E-state index in [0.29, 0.717) is 12.5 Å². The molecule has 0 aliphatic carbocycles. The van der Waals surface area contributed by atoms with Crippen molar-refractivity contribution in [3.63, 3.8) is 0 Å². The van der Waals surface area contributed by atoms with E-state index < -0.39 is 17.6 Å². The lowest BCUT2D eigenvalue weighted by atomic mass is 10.1. The monoisotopic (exact) mass is 263 g/mol. The number of hydrogen-bond acceptors (Lipinski definition) is 1. The van der Waals surface area contributed by atoms with Crippen LogP contribution < -0.4 is 5.32 Å². The van der Waals surface area contributed by atoms with E-state index in [9.17, 15) is 17.6 Å². The van der Waals surface area contributed by atoms with Crippen LogP contribution in [-0.2, 0) is 6.18 Å². The van der Waals surface area contributed by atoms with E-state index in [2.05, 4.69) is 5.32 Å². The summed E-state index contributed by atoms with van der Waals surface area (Å²) in [6, 6.07) is 2.40. The lowest BCUT2D eigenvalue weighted by Crippen LogP contribution is -2.13. The van der Waals surface area contributed by atoms with Gasteiger partial charge in [0, 0.05) is 6.54 Å². The molecule has 0 radical (unpaired) electrons. The molecule has 5 heteroatoms. The maximum Gasteiger partial charge on any atom is 0.416 e. The summed E-state index contributed by atoms with van der Waals surface area (Å²) in [7, 11) is 0. The van der Waals surface area contributed by atoms with Gasteiger partial charge in [0.05, 0.1) is 11.3 Å². The normalized spacial score (nSPS) is 13.4. The topological polar surface area (TPSA) is 12.0 Å². The Bertz CT molecular complexity index is 387. The van der Waals surface area contributed by atoms with Gasteiger partial charge >= 0.3 is 6.18 Å². The first-order chi connectivity index (χ1) is 8.34. The molecule has 0 aliphatic rings. The molecular formula is C13H17F4N. The van der Waals surface area contributed by atoms with Gasteiger partial charge in [-0.2, -0.15) is 13.2 Å². The first-order valence-electron chi connectivity index (χ1n) is 5.95. The van der Waals surface area contributed by atoms with Crippen molar-refractivity contribution in [2.45, 2.75) is 32.9 Å². The third kappa shape index (κ3) is 4.20. The highest BCUT2D eigenvalue weighted by atomic mass is 19.4. The van der Waals surface area contributed by atoms with Gasteiger partial charge in [0.2, 0.25) is 0 Å². The second kappa shape index (κ2) is 6.07. The number of benzene rings is 1. The van der Waals surface area contributed by atoms with Crippen LogP contribution in [0.15, 0.2) is 18.2 Å². The summed E-state index contributed by atoms with van der Waals surface area (Å²) in [6.45, 7) is 4.47. The molecule has 0 amide bonds. The average molecular weight is 263 g/mol. The smallest absolute Gasteiger partial charge is 0.382 e. The van der Waals surface area contributed by atoms with Crippen LogP contribution in [0.25, 0.3) is 0 Å². The molecule has 18 heavy (non-hydrogen) atoms. The Balaban J connectivity index is 2.76. The minimum Gasteiger partial charge on any atom is -0.382 e. The van der Waals surface area contributed by atoms with Crippen LogP contribution >= 0.6 is 0 Å². The largest absolute Gasteiger partial charge is 0.416 e. The first-order valence-corrected chi connectivity index (χ1v) is 5.95. The Morgan fingerprint density at radius 3 is 2.50 bits per heavy atom. The predicted octanol–water partition coefficient (Wildman–Crippen LogP) is 4.69. The number of halogens is 4. The maximum absolute atomic E-state index is 13.4. The fraction of sp³-hybridized carbons (Fsp3) is 0.538. The minimum absolute atomic E-state index is 0.0900. The summed E-state index contributed by atoms with van der Waals surface area (Å²) in [5.41, 5.74) is -0.928. The molecule has 1 aromatic rings. The molecule has 0 saturated carbocycles. The molecule has 0 fully saturated rings. The highest BCUT2D eigenvalue weighted by Crippen LogP contribution is 2.31. The molecule has 102 valence electrons. The number of anilines is 1. The zero-order valence-corrected chi connectivity index (χ0v) is 10.4. The molecule has 1 atom stereocenters. The summed E-state index contributed by atoms with van der Waals surface area (Å²) in [6.07, 6.45) is -2.50. The lowest BCUT2D eigenvalue weighted by Gasteiger charge is -2.15. The summed E-state index contributed by atoms with van der Waals surface area (Å²) >= 11 is 0. The van der Waals surface area contributed by atoms with Crippen molar-refractivity contribution in [3.05, 3.63) is 29.6 Å². The second-order valence-corrected chi connectivity index (χ2v) is 4.47. The van der Waals surface area contributed by atoms with Crippen LogP contribution in [0.5, 0.6) is 0 Å². The van der Waals surface area contributed by atoms with Crippen LogP contribution in [0, 0.1) is 11.7 Å². The summed E-state index contributed by atoms with van der Waals surface area (Å²) in [5.74, 6) is -0.365. The number of alkyl halides is 3. The van der Waals surface area contributed by atoms with Gasteiger partial charge in [-0.25, -0.2) is 4.39 Å². The molecule has 1 N–H and O–H groups in total. The van der Waals surface area contributed by atoms with Gasteiger partial charge in [-0.05, 0) is 30.5 Å². The van der Waals surface area contributed by atoms with Crippen molar-refractivity contribution in [1.29, 1.82) is 0 Å². The third-order valence-corrected chi connectivity index (χ3v) is 2.72. The van der Waals surface area contributed by atoms with Crippen molar-refractivity contribution in [3.8, 4) is 0 Å². The van der Waals surface area contributed by atoms with Gasteiger partial charge in [-0.15, -0.1) is 0 Å². The zero-order valence-electron chi connectivity index (χ0n) is 10.4. The van der Waals surface area contributed by atoms with E-state index in [1.807, 2.05) is 13.8 Å². The van der Waals surface area contributed by atoms with Crippen molar-refractivity contribution >= 4 is 5.69 Å². The van der Waals surface area contributed by atoms with E-state index in [4.69, 9.17) is 0 Å². The van der Waals surface area contributed by atoms with Gasteiger partial charge < -0.3 is 5.32 Å². The van der Waals surface area contributed by atoms with Gasteiger partial charge in [-0.1, -0.05) is 20.3 Å². The van der Waals surface area contributed by atoms with Crippen molar-refractivity contribution in [1.82, 2.24) is 0 Å². The predicted molar refractivity (Wildman–Crippen MR) is 64.0 cm³/mol. The molecule has 0 heterocycles. The highest BCUT2D eigenvalue weighted by Gasteiger charge is 2.31. The van der Waals surface area contributed by atoms with Crippen LogP contribution in [-0.4, -0.2) is 6.54 Å². The SMILES string of the molecule is CCCC(C)CNc1cc(C(F)(F)F)ccc1F. The first kappa shape index (κ1) is 14.8. The minimum atomic E-state index is -4.45. The Morgan fingerprint density at radius 1 is 1.28 bits per heavy atom. The maximum atomic E-state index is 13.4. The van der Waals surface area contributed by atoms with Gasteiger partial charge in [0.25, 0.3) is 0 Å². The Hall–Kier alpha value is -1.26. The molecule has 1 nitrogen and oxygen atoms in total.